The fourth-order valence-corrected chi connectivity index (χ4v) is 3.45. The molecule has 0 spiro atoms. The van der Waals surface area contributed by atoms with Crippen molar-refractivity contribution in [2.45, 2.75) is 44.8 Å². The quantitative estimate of drug-likeness (QED) is 0.729. The van der Waals surface area contributed by atoms with Gasteiger partial charge in [-0.3, -0.25) is 4.79 Å². The zero-order chi connectivity index (χ0) is 17.8. The monoisotopic (exact) mass is 358 g/mol. The Morgan fingerprint density at radius 1 is 1.42 bits per heavy atom. The number of hydrogen-bond donors (Lipinski definition) is 2. The molecule has 0 radical (unpaired) electrons. The molecule has 0 aliphatic carbocycles. The number of nitrogens with zero attached hydrogens (tertiary/aromatic N) is 3. The zero-order valence-electron chi connectivity index (χ0n) is 14.2. The highest BCUT2D eigenvalue weighted by Crippen LogP contribution is 2.22. The number of aryl methyl sites for hydroxylation is 1. The van der Waals surface area contributed by atoms with Crippen LogP contribution < -0.4 is 4.72 Å². The average molecular weight is 358 g/mol. The smallest absolute Gasteiger partial charge is 0.242 e. The first-order valence-electron chi connectivity index (χ1n) is 8.17. The topological polar surface area (TPSA) is 105 Å². The van der Waals surface area contributed by atoms with Crippen molar-refractivity contribution in [1.82, 2.24) is 19.2 Å². The van der Waals surface area contributed by atoms with E-state index in [9.17, 15) is 18.3 Å². The molecule has 2 rings (SSSR count). The lowest BCUT2D eigenvalue weighted by molar-refractivity contribution is -0.132. The van der Waals surface area contributed by atoms with E-state index >= 15 is 0 Å². The van der Waals surface area contributed by atoms with Crippen molar-refractivity contribution in [1.29, 1.82) is 0 Å². The van der Waals surface area contributed by atoms with E-state index in [1.54, 1.807) is 17.3 Å². The third kappa shape index (κ3) is 5.29. The number of likely N-dealkylation sites (tertiary alicyclic amines) is 1. The minimum atomic E-state index is -3.35. The summed E-state index contributed by atoms with van der Waals surface area (Å²) in [5.41, 5.74) is -1.11. The van der Waals surface area contributed by atoms with Crippen molar-refractivity contribution in [3.8, 4) is 0 Å². The van der Waals surface area contributed by atoms with Crippen LogP contribution in [0.2, 0.25) is 0 Å². The highest BCUT2D eigenvalue weighted by atomic mass is 32.2. The van der Waals surface area contributed by atoms with E-state index in [0.29, 0.717) is 32.4 Å². The van der Waals surface area contributed by atoms with Gasteiger partial charge in [-0.2, -0.15) is 0 Å². The summed E-state index contributed by atoms with van der Waals surface area (Å²) in [5.74, 6) is 0.857. The Hall–Kier alpha value is -1.45. The van der Waals surface area contributed by atoms with E-state index in [0.717, 1.165) is 18.5 Å². The van der Waals surface area contributed by atoms with Crippen LogP contribution in [-0.2, 0) is 27.8 Å². The predicted molar refractivity (Wildman–Crippen MR) is 89.8 cm³/mol. The van der Waals surface area contributed by atoms with Gasteiger partial charge in [0, 0.05) is 38.4 Å². The first kappa shape index (κ1) is 18.9. The van der Waals surface area contributed by atoms with Crippen molar-refractivity contribution in [2.24, 2.45) is 0 Å². The Labute approximate surface area is 142 Å². The molecule has 0 saturated carbocycles. The van der Waals surface area contributed by atoms with Gasteiger partial charge in [0.2, 0.25) is 15.9 Å². The van der Waals surface area contributed by atoms with E-state index in [-0.39, 0.29) is 19.0 Å². The van der Waals surface area contributed by atoms with Gasteiger partial charge in [-0.15, -0.1) is 0 Å². The van der Waals surface area contributed by atoms with Gasteiger partial charge < -0.3 is 14.6 Å². The van der Waals surface area contributed by atoms with E-state index in [4.69, 9.17) is 0 Å². The number of carbonyl (C=O) groups excluding carboxylic acids is 1. The van der Waals surface area contributed by atoms with Crippen LogP contribution >= 0.6 is 0 Å². The normalized spacial score (nSPS) is 22.4. The van der Waals surface area contributed by atoms with Gasteiger partial charge >= 0.3 is 0 Å². The van der Waals surface area contributed by atoms with Crippen molar-refractivity contribution in [2.75, 3.05) is 25.9 Å². The van der Waals surface area contributed by atoms with Crippen molar-refractivity contribution >= 4 is 15.9 Å². The van der Waals surface area contributed by atoms with Gasteiger partial charge in [0.25, 0.3) is 0 Å². The van der Waals surface area contributed by atoms with Crippen LogP contribution in [0.1, 0.15) is 32.0 Å². The highest BCUT2D eigenvalue weighted by molar-refractivity contribution is 7.88. The Morgan fingerprint density at radius 3 is 2.83 bits per heavy atom. The summed E-state index contributed by atoms with van der Waals surface area (Å²) in [4.78, 5) is 18.4. The standard InChI is InChI=1S/C15H26N4O4S/c1-3-13-16-7-10-19(13)11-14(20)18-8-4-5-15(21,6-9-18)12-17-24(2,22)23/h7,10,17,21H,3-6,8-9,11-12H2,1-2H3/t15-/m1/s1. The van der Waals surface area contributed by atoms with Crippen LogP contribution in [0.25, 0.3) is 0 Å². The van der Waals surface area contributed by atoms with E-state index in [1.165, 1.54) is 0 Å². The lowest BCUT2D eigenvalue weighted by atomic mass is 9.95. The number of aliphatic hydroxyl groups is 1. The van der Waals surface area contributed by atoms with Crippen LogP contribution in [0.15, 0.2) is 12.4 Å². The minimum absolute atomic E-state index is 0.0111. The second-order valence-corrected chi connectivity index (χ2v) is 8.21. The summed E-state index contributed by atoms with van der Waals surface area (Å²) in [5, 5.41) is 10.6. The largest absolute Gasteiger partial charge is 0.388 e. The molecular weight excluding hydrogens is 332 g/mol. The molecule has 2 N–H and O–H groups in total. The molecule has 0 unspecified atom stereocenters. The molecular formula is C15H26N4O4S. The molecule has 0 aromatic carbocycles. The number of sulfonamides is 1. The molecule has 1 aliphatic heterocycles. The average Bonchev–Trinajstić information content (AvgIpc) is 2.85. The lowest BCUT2D eigenvalue weighted by Gasteiger charge is -2.27. The molecule has 1 atom stereocenters. The number of amides is 1. The maximum absolute atomic E-state index is 12.5. The van der Waals surface area contributed by atoms with Crippen LogP contribution in [0.3, 0.4) is 0 Å². The Morgan fingerprint density at radius 2 is 2.17 bits per heavy atom. The number of imidazole rings is 1. The van der Waals surface area contributed by atoms with E-state index in [2.05, 4.69) is 9.71 Å². The first-order chi connectivity index (χ1) is 11.2. The molecule has 24 heavy (non-hydrogen) atoms. The fourth-order valence-electron chi connectivity index (χ4n) is 2.91. The summed E-state index contributed by atoms with van der Waals surface area (Å²) in [6.07, 6.45) is 6.76. The predicted octanol–water partition coefficient (Wildman–Crippen LogP) is -0.262. The van der Waals surface area contributed by atoms with Crippen molar-refractivity contribution in [3.63, 3.8) is 0 Å². The van der Waals surface area contributed by atoms with Gasteiger partial charge in [-0.25, -0.2) is 18.1 Å². The van der Waals surface area contributed by atoms with E-state index < -0.39 is 15.6 Å². The first-order valence-corrected chi connectivity index (χ1v) is 10.1. The van der Waals surface area contributed by atoms with Crippen LogP contribution in [0.5, 0.6) is 0 Å². The lowest BCUT2D eigenvalue weighted by Crippen LogP contribution is -2.43. The number of aromatic nitrogens is 2. The second kappa shape index (κ2) is 7.62. The second-order valence-electron chi connectivity index (χ2n) is 6.38. The molecule has 1 aromatic rings. The summed E-state index contributed by atoms with van der Waals surface area (Å²) in [6, 6.07) is 0. The van der Waals surface area contributed by atoms with Gasteiger partial charge in [-0.1, -0.05) is 6.92 Å². The Bertz CT molecular complexity index is 673. The number of hydrogen-bond acceptors (Lipinski definition) is 5. The Kier molecular flexibility index (Phi) is 6.00. The highest BCUT2D eigenvalue weighted by Gasteiger charge is 2.32. The third-order valence-electron chi connectivity index (χ3n) is 4.36. The summed E-state index contributed by atoms with van der Waals surface area (Å²) < 4.78 is 26.6. The minimum Gasteiger partial charge on any atom is -0.388 e. The molecule has 0 bridgehead atoms. The van der Waals surface area contributed by atoms with Crippen LogP contribution in [-0.4, -0.2) is 65.4 Å². The molecule has 136 valence electrons. The number of carbonyl (C=O) groups is 1. The third-order valence-corrected chi connectivity index (χ3v) is 5.03. The molecule has 1 fully saturated rings. The molecule has 8 nitrogen and oxygen atoms in total. The molecule has 2 heterocycles. The summed E-state index contributed by atoms with van der Waals surface area (Å²) in [6.45, 7) is 3.19. The van der Waals surface area contributed by atoms with Crippen LogP contribution in [0.4, 0.5) is 0 Å². The Balaban J connectivity index is 1.93. The molecule has 9 heteroatoms. The maximum atomic E-state index is 12.5. The maximum Gasteiger partial charge on any atom is 0.242 e. The van der Waals surface area contributed by atoms with Gasteiger partial charge in [0.1, 0.15) is 12.4 Å². The number of nitrogens with one attached hydrogen (secondary N) is 1. The van der Waals surface area contributed by atoms with Crippen LogP contribution in [0, 0.1) is 0 Å². The molecule has 1 amide bonds. The molecule has 1 saturated heterocycles. The molecule has 1 aliphatic rings. The molecule has 1 aromatic heterocycles. The van der Waals surface area contributed by atoms with Gasteiger partial charge in [-0.05, 0) is 19.3 Å². The van der Waals surface area contributed by atoms with Gasteiger partial charge in [0.15, 0.2) is 0 Å². The summed E-state index contributed by atoms with van der Waals surface area (Å²) >= 11 is 0. The van der Waals surface area contributed by atoms with Crippen molar-refractivity contribution in [3.05, 3.63) is 18.2 Å². The van der Waals surface area contributed by atoms with Gasteiger partial charge in [0.05, 0.1) is 11.9 Å². The summed E-state index contributed by atoms with van der Waals surface area (Å²) in [7, 11) is -3.35. The van der Waals surface area contributed by atoms with E-state index in [1.807, 2.05) is 11.5 Å². The SMILES string of the molecule is CCc1nccn1CC(=O)N1CCC[C@](O)(CNS(C)(=O)=O)CC1. The van der Waals surface area contributed by atoms with Crippen molar-refractivity contribution < 1.29 is 18.3 Å². The fraction of sp³-hybridized carbons (Fsp3) is 0.733. The zero-order valence-corrected chi connectivity index (χ0v) is 15.0. The number of rotatable bonds is 6.